The zero-order valence-corrected chi connectivity index (χ0v) is 6.88. The molecule has 0 aliphatic rings. The number of amides is 1. The van der Waals surface area contributed by atoms with Crippen molar-refractivity contribution in [3.63, 3.8) is 0 Å². The lowest BCUT2D eigenvalue weighted by atomic mass is 10.2. The van der Waals surface area contributed by atoms with Gasteiger partial charge in [0.15, 0.2) is 6.17 Å². The van der Waals surface area contributed by atoms with Crippen molar-refractivity contribution in [3.8, 4) is 0 Å². The highest BCUT2D eigenvalue weighted by Crippen LogP contribution is 2.02. The Balaban J connectivity index is 3.54. The summed E-state index contributed by atoms with van der Waals surface area (Å²) in [5.74, 6) is -1.55. The third-order valence-electron chi connectivity index (χ3n) is 1.22. The molecule has 4 nitrogen and oxygen atoms in total. The molecule has 0 heterocycles. The molecule has 5 heteroatoms. The Labute approximate surface area is 69.9 Å². The Morgan fingerprint density at radius 1 is 1.58 bits per heavy atom. The minimum absolute atomic E-state index is 0.113. The largest absolute Gasteiger partial charge is 0.466 e. The van der Waals surface area contributed by atoms with Crippen molar-refractivity contribution < 1.29 is 18.7 Å². The third kappa shape index (κ3) is 4.65. The second-order valence-electron chi connectivity index (χ2n) is 2.21. The van der Waals surface area contributed by atoms with Crippen LogP contribution in [0, 0.1) is 0 Å². The SMILES string of the molecule is CCOC(=O)CCC(F)C(N)=O. The molecule has 0 spiro atoms. The van der Waals surface area contributed by atoms with Crippen molar-refractivity contribution in [1.82, 2.24) is 0 Å². The van der Waals surface area contributed by atoms with Gasteiger partial charge in [0.2, 0.25) is 0 Å². The molecule has 0 saturated heterocycles. The number of hydrogen-bond donors (Lipinski definition) is 1. The van der Waals surface area contributed by atoms with Gasteiger partial charge in [-0.3, -0.25) is 9.59 Å². The monoisotopic (exact) mass is 177 g/mol. The van der Waals surface area contributed by atoms with E-state index in [0.717, 1.165) is 0 Å². The Morgan fingerprint density at radius 2 is 2.17 bits per heavy atom. The molecule has 0 radical (unpaired) electrons. The van der Waals surface area contributed by atoms with E-state index in [1.165, 1.54) is 0 Å². The number of rotatable bonds is 5. The molecule has 1 unspecified atom stereocenters. The average Bonchev–Trinajstić information content (AvgIpc) is 2.00. The van der Waals surface area contributed by atoms with Gasteiger partial charge in [-0.1, -0.05) is 0 Å². The third-order valence-corrected chi connectivity index (χ3v) is 1.22. The van der Waals surface area contributed by atoms with Crippen LogP contribution in [0.1, 0.15) is 19.8 Å². The molecule has 0 aromatic rings. The summed E-state index contributed by atoms with van der Waals surface area (Å²) in [6.45, 7) is 1.91. The molecule has 0 fully saturated rings. The average molecular weight is 177 g/mol. The molecular weight excluding hydrogens is 165 g/mol. The molecule has 1 atom stereocenters. The lowest BCUT2D eigenvalue weighted by Gasteiger charge is -2.02. The van der Waals surface area contributed by atoms with Crippen molar-refractivity contribution >= 4 is 11.9 Å². The molecule has 0 saturated carbocycles. The lowest BCUT2D eigenvalue weighted by Crippen LogP contribution is -2.25. The van der Waals surface area contributed by atoms with E-state index in [1.54, 1.807) is 6.92 Å². The summed E-state index contributed by atoms with van der Waals surface area (Å²) >= 11 is 0. The molecule has 0 rings (SSSR count). The van der Waals surface area contributed by atoms with Crippen LogP contribution in [0.25, 0.3) is 0 Å². The van der Waals surface area contributed by atoms with Gasteiger partial charge in [0, 0.05) is 6.42 Å². The summed E-state index contributed by atoms with van der Waals surface area (Å²) < 4.78 is 17.0. The van der Waals surface area contributed by atoms with Crippen LogP contribution < -0.4 is 5.73 Å². The molecule has 0 aliphatic heterocycles. The highest BCUT2D eigenvalue weighted by molar-refractivity contribution is 5.79. The van der Waals surface area contributed by atoms with E-state index >= 15 is 0 Å². The van der Waals surface area contributed by atoms with E-state index in [-0.39, 0.29) is 19.4 Å². The first-order valence-corrected chi connectivity index (χ1v) is 3.67. The highest BCUT2D eigenvalue weighted by Gasteiger charge is 2.15. The fraction of sp³-hybridized carbons (Fsp3) is 0.714. The van der Waals surface area contributed by atoms with Gasteiger partial charge in [-0.15, -0.1) is 0 Å². The van der Waals surface area contributed by atoms with E-state index in [2.05, 4.69) is 10.5 Å². The molecule has 12 heavy (non-hydrogen) atoms. The van der Waals surface area contributed by atoms with Gasteiger partial charge >= 0.3 is 5.97 Å². The summed E-state index contributed by atoms with van der Waals surface area (Å²) in [6, 6.07) is 0. The van der Waals surface area contributed by atoms with Crippen LogP contribution in [0.4, 0.5) is 4.39 Å². The van der Waals surface area contributed by atoms with Crippen LogP contribution in [-0.4, -0.2) is 24.7 Å². The Kier molecular flexibility index (Phi) is 4.99. The Hall–Kier alpha value is -1.13. The van der Waals surface area contributed by atoms with Crippen LogP contribution in [-0.2, 0) is 14.3 Å². The first kappa shape index (κ1) is 10.9. The van der Waals surface area contributed by atoms with Crippen molar-refractivity contribution in [3.05, 3.63) is 0 Å². The molecule has 0 bridgehead atoms. The summed E-state index contributed by atoms with van der Waals surface area (Å²) in [4.78, 5) is 20.8. The highest BCUT2D eigenvalue weighted by atomic mass is 19.1. The first-order chi connectivity index (χ1) is 5.57. The van der Waals surface area contributed by atoms with E-state index in [0.29, 0.717) is 0 Å². The van der Waals surface area contributed by atoms with Gasteiger partial charge in [0.1, 0.15) is 0 Å². The van der Waals surface area contributed by atoms with Crippen LogP contribution in [0.3, 0.4) is 0 Å². The minimum atomic E-state index is -1.76. The second-order valence-corrected chi connectivity index (χ2v) is 2.21. The van der Waals surface area contributed by atoms with Crippen molar-refractivity contribution in [2.24, 2.45) is 5.73 Å². The van der Waals surface area contributed by atoms with E-state index in [9.17, 15) is 14.0 Å². The van der Waals surface area contributed by atoms with Gasteiger partial charge in [-0.2, -0.15) is 0 Å². The standard InChI is InChI=1S/C7H12FNO3/c1-2-12-6(10)4-3-5(8)7(9)11/h5H,2-4H2,1H3,(H2,9,11). The van der Waals surface area contributed by atoms with Crippen LogP contribution in [0.5, 0.6) is 0 Å². The number of carbonyl (C=O) groups excluding carboxylic acids is 2. The summed E-state index contributed by atoms with van der Waals surface area (Å²) in [6.07, 6.45) is -2.07. The van der Waals surface area contributed by atoms with Gasteiger partial charge in [0.05, 0.1) is 6.61 Å². The van der Waals surface area contributed by atoms with Crippen LogP contribution in [0.2, 0.25) is 0 Å². The topological polar surface area (TPSA) is 69.4 Å². The van der Waals surface area contributed by atoms with Gasteiger partial charge in [-0.25, -0.2) is 4.39 Å². The number of ether oxygens (including phenoxy) is 1. The number of alkyl halides is 1. The minimum Gasteiger partial charge on any atom is -0.466 e. The number of carbonyl (C=O) groups is 2. The predicted octanol–water partition coefficient (Wildman–Crippen LogP) is 0.153. The smallest absolute Gasteiger partial charge is 0.305 e. The molecule has 1 amide bonds. The Bertz CT molecular complexity index is 172. The van der Waals surface area contributed by atoms with Crippen molar-refractivity contribution in [1.29, 1.82) is 0 Å². The van der Waals surface area contributed by atoms with Crippen LogP contribution >= 0.6 is 0 Å². The number of primary amides is 1. The van der Waals surface area contributed by atoms with Crippen molar-refractivity contribution in [2.45, 2.75) is 25.9 Å². The quantitative estimate of drug-likeness (QED) is 0.608. The Morgan fingerprint density at radius 3 is 2.58 bits per heavy atom. The first-order valence-electron chi connectivity index (χ1n) is 3.67. The van der Waals surface area contributed by atoms with E-state index < -0.39 is 18.0 Å². The van der Waals surface area contributed by atoms with Gasteiger partial charge in [0.25, 0.3) is 5.91 Å². The van der Waals surface area contributed by atoms with Crippen molar-refractivity contribution in [2.75, 3.05) is 6.61 Å². The van der Waals surface area contributed by atoms with E-state index in [4.69, 9.17) is 0 Å². The number of hydrogen-bond acceptors (Lipinski definition) is 3. The normalized spacial score (nSPS) is 12.2. The molecule has 70 valence electrons. The maximum atomic E-state index is 12.4. The molecule has 2 N–H and O–H groups in total. The molecule has 0 aromatic carbocycles. The molecule has 0 aliphatic carbocycles. The fourth-order valence-corrected chi connectivity index (χ4v) is 0.620. The maximum Gasteiger partial charge on any atom is 0.305 e. The second kappa shape index (κ2) is 5.51. The molecular formula is C7H12FNO3. The zero-order chi connectivity index (χ0) is 9.56. The lowest BCUT2D eigenvalue weighted by molar-refractivity contribution is -0.143. The number of nitrogens with two attached hydrogens (primary N) is 1. The van der Waals surface area contributed by atoms with Gasteiger partial charge < -0.3 is 10.5 Å². The summed E-state index contributed by atoms with van der Waals surface area (Å²) in [7, 11) is 0. The molecule has 0 aromatic heterocycles. The number of halogens is 1. The van der Waals surface area contributed by atoms with Crippen LogP contribution in [0.15, 0.2) is 0 Å². The fourth-order valence-electron chi connectivity index (χ4n) is 0.620. The van der Waals surface area contributed by atoms with E-state index in [1.807, 2.05) is 0 Å². The zero-order valence-electron chi connectivity index (χ0n) is 6.88. The maximum absolute atomic E-state index is 12.4. The summed E-state index contributed by atoms with van der Waals surface area (Å²) in [5.41, 5.74) is 4.63. The number of esters is 1. The summed E-state index contributed by atoms with van der Waals surface area (Å²) in [5, 5.41) is 0. The van der Waals surface area contributed by atoms with Gasteiger partial charge in [-0.05, 0) is 13.3 Å². The predicted molar refractivity (Wildman–Crippen MR) is 40.0 cm³/mol.